The van der Waals surface area contributed by atoms with Gasteiger partial charge in [-0.05, 0) is 44.2 Å². The molecule has 134 valence electrons. The standard InChI is InChI=1S/C18H22N2O4S/c1-12-5-10-17(24-3)16(11-12)13(2)19-18(21)14-6-8-15(9-7-14)20-25(4,22)23/h5-11,13,20H,1-4H3,(H,19,21)/t13-/m1/s1. The van der Waals surface area contributed by atoms with E-state index >= 15 is 0 Å². The van der Waals surface area contributed by atoms with Crippen molar-refractivity contribution >= 4 is 21.6 Å². The number of benzene rings is 2. The Morgan fingerprint density at radius 3 is 2.32 bits per heavy atom. The van der Waals surface area contributed by atoms with Crippen LogP contribution in [0, 0.1) is 6.92 Å². The number of hydrogen-bond donors (Lipinski definition) is 2. The molecule has 0 aliphatic heterocycles. The minimum Gasteiger partial charge on any atom is -0.496 e. The third-order valence-corrected chi connectivity index (χ3v) is 4.26. The summed E-state index contributed by atoms with van der Waals surface area (Å²) in [6.07, 6.45) is 1.07. The molecule has 6 nitrogen and oxygen atoms in total. The molecule has 0 saturated carbocycles. The van der Waals surface area contributed by atoms with E-state index in [4.69, 9.17) is 4.74 Å². The SMILES string of the molecule is COc1ccc(C)cc1[C@@H](C)NC(=O)c1ccc(NS(C)(=O)=O)cc1. The van der Waals surface area contributed by atoms with Gasteiger partial charge in [0.15, 0.2) is 0 Å². The highest BCUT2D eigenvalue weighted by Gasteiger charge is 2.15. The van der Waals surface area contributed by atoms with E-state index in [1.165, 1.54) is 0 Å². The summed E-state index contributed by atoms with van der Waals surface area (Å²) in [5.74, 6) is 0.466. The first kappa shape index (κ1) is 18.8. The first-order chi connectivity index (χ1) is 11.7. The molecule has 0 spiro atoms. The van der Waals surface area contributed by atoms with E-state index in [0.29, 0.717) is 17.0 Å². The minimum atomic E-state index is -3.34. The Morgan fingerprint density at radius 2 is 1.76 bits per heavy atom. The Balaban J connectivity index is 2.12. The highest BCUT2D eigenvalue weighted by atomic mass is 32.2. The summed E-state index contributed by atoms with van der Waals surface area (Å²) in [4.78, 5) is 12.4. The van der Waals surface area contributed by atoms with Gasteiger partial charge in [0.2, 0.25) is 10.0 Å². The van der Waals surface area contributed by atoms with E-state index in [1.807, 2.05) is 32.0 Å². The second kappa shape index (κ2) is 7.57. The van der Waals surface area contributed by atoms with Gasteiger partial charge in [0.1, 0.15) is 5.75 Å². The molecule has 1 amide bonds. The van der Waals surface area contributed by atoms with Crippen LogP contribution in [0.15, 0.2) is 42.5 Å². The summed E-state index contributed by atoms with van der Waals surface area (Å²) >= 11 is 0. The third kappa shape index (κ3) is 5.22. The van der Waals surface area contributed by atoms with Crippen LogP contribution in [0.1, 0.15) is 34.5 Å². The number of carbonyl (C=O) groups excluding carboxylic acids is 1. The van der Waals surface area contributed by atoms with Crippen LogP contribution in [0.5, 0.6) is 5.75 Å². The van der Waals surface area contributed by atoms with Crippen LogP contribution >= 0.6 is 0 Å². The van der Waals surface area contributed by atoms with E-state index in [2.05, 4.69) is 10.0 Å². The minimum absolute atomic E-state index is 0.240. The first-order valence-electron chi connectivity index (χ1n) is 7.73. The van der Waals surface area contributed by atoms with Gasteiger partial charge < -0.3 is 10.1 Å². The summed E-state index contributed by atoms with van der Waals surface area (Å²) in [6, 6.07) is 11.8. The summed E-state index contributed by atoms with van der Waals surface area (Å²) in [6.45, 7) is 3.86. The maximum Gasteiger partial charge on any atom is 0.251 e. The van der Waals surface area contributed by atoms with Gasteiger partial charge in [-0.1, -0.05) is 17.7 Å². The van der Waals surface area contributed by atoms with Crippen molar-refractivity contribution in [2.24, 2.45) is 0 Å². The Kier molecular flexibility index (Phi) is 5.69. The summed E-state index contributed by atoms with van der Waals surface area (Å²) in [5, 5.41) is 2.92. The normalized spacial score (nSPS) is 12.3. The number of anilines is 1. The van der Waals surface area contributed by atoms with Gasteiger partial charge in [-0.3, -0.25) is 9.52 Å². The zero-order chi connectivity index (χ0) is 18.6. The number of sulfonamides is 1. The van der Waals surface area contributed by atoms with Crippen LogP contribution in [-0.4, -0.2) is 27.7 Å². The van der Waals surface area contributed by atoms with Crippen LogP contribution in [0.25, 0.3) is 0 Å². The molecule has 0 bridgehead atoms. The van der Waals surface area contributed by atoms with Crippen molar-refractivity contribution in [3.63, 3.8) is 0 Å². The number of methoxy groups -OCH3 is 1. The third-order valence-electron chi connectivity index (χ3n) is 3.65. The average Bonchev–Trinajstić information content (AvgIpc) is 2.53. The second-order valence-electron chi connectivity index (χ2n) is 5.89. The zero-order valence-electron chi connectivity index (χ0n) is 14.7. The molecule has 25 heavy (non-hydrogen) atoms. The Hall–Kier alpha value is -2.54. The molecule has 1 atom stereocenters. The lowest BCUT2D eigenvalue weighted by Gasteiger charge is -2.18. The molecular weight excluding hydrogens is 340 g/mol. The predicted octanol–water partition coefficient (Wildman–Crippen LogP) is 2.87. The van der Waals surface area contributed by atoms with Crippen molar-refractivity contribution in [1.82, 2.24) is 5.32 Å². The molecule has 0 radical (unpaired) electrons. The van der Waals surface area contributed by atoms with Gasteiger partial charge in [0.05, 0.1) is 19.4 Å². The monoisotopic (exact) mass is 362 g/mol. The predicted molar refractivity (Wildman–Crippen MR) is 98.5 cm³/mol. The van der Waals surface area contributed by atoms with Gasteiger partial charge in [0, 0.05) is 16.8 Å². The number of amides is 1. The number of carbonyl (C=O) groups is 1. The maximum atomic E-state index is 12.4. The summed E-state index contributed by atoms with van der Waals surface area (Å²) in [5.41, 5.74) is 2.82. The lowest BCUT2D eigenvalue weighted by Crippen LogP contribution is -2.27. The molecule has 0 aliphatic rings. The van der Waals surface area contributed by atoms with Crippen molar-refractivity contribution in [2.45, 2.75) is 19.9 Å². The first-order valence-corrected chi connectivity index (χ1v) is 9.62. The van der Waals surface area contributed by atoms with Crippen LogP contribution in [-0.2, 0) is 10.0 Å². The van der Waals surface area contributed by atoms with Gasteiger partial charge in [-0.2, -0.15) is 0 Å². The maximum absolute atomic E-state index is 12.4. The molecule has 7 heteroatoms. The molecule has 0 heterocycles. The van der Waals surface area contributed by atoms with Crippen molar-refractivity contribution in [3.8, 4) is 5.75 Å². The molecule has 2 aromatic rings. The van der Waals surface area contributed by atoms with Gasteiger partial charge in [-0.25, -0.2) is 8.42 Å². The number of ether oxygens (including phenoxy) is 1. The topological polar surface area (TPSA) is 84.5 Å². The van der Waals surface area contributed by atoms with E-state index < -0.39 is 10.0 Å². The molecule has 0 aromatic heterocycles. The Labute approximate surface area is 148 Å². The van der Waals surface area contributed by atoms with Gasteiger partial charge in [-0.15, -0.1) is 0 Å². The zero-order valence-corrected chi connectivity index (χ0v) is 15.5. The van der Waals surface area contributed by atoms with Crippen LogP contribution in [0.3, 0.4) is 0 Å². The van der Waals surface area contributed by atoms with E-state index in [0.717, 1.165) is 17.4 Å². The summed E-state index contributed by atoms with van der Waals surface area (Å²) < 4.78 is 30.1. The van der Waals surface area contributed by atoms with E-state index in [-0.39, 0.29) is 11.9 Å². The number of hydrogen-bond acceptors (Lipinski definition) is 4. The van der Waals surface area contributed by atoms with Crippen LogP contribution in [0.2, 0.25) is 0 Å². The smallest absolute Gasteiger partial charge is 0.251 e. The lowest BCUT2D eigenvalue weighted by atomic mass is 10.0. The van der Waals surface area contributed by atoms with Crippen molar-refractivity contribution in [2.75, 3.05) is 18.1 Å². The molecular formula is C18H22N2O4S. The molecule has 0 unspecified atom stereocenters. The van der Waals surface area contributed by atoms with Crippen molar-refractivity contribution < 1.29 is 17.9 Å². The number of rotatable bonds is 6. The average molecular weight is 362 g/mol. The molecule has 2 N–H and O–H groups in total. The second-order valence-corrected chi connectivity index (χ2v) is 7.64. The van der Waals surface area contributed by atoms with Crippen molar-refractivity contribution in [1.29, 1.82) is 0 Å². The Bertz CT molecular complexity index is 861. The lowest BCUT2D eigenvalue weighted by molar-refractivity contribution is 0.0939. The molecule has 0 aliphatic carbocycles. The van der Waals surface area contributed by atoms with Gasteiger partial charge in [0.25, 0.3) is 5.91 Å². The highest BCUT2D eigenvalue weighted by Crippen LogP contribution is 2.26. The van der Waals surface area contributed by atoms with E-state index in [9.17, 15) is 13.2 Å². The summed E-state index contributed by atoms with van der Waals surface area (Å²) in [7, 11) is -1.75. The molecule has 2 rings (SSSR count). The fraction of sp³-hybridized carbons (Fsp3) is 0.278. The van der Waals surface area contributed by atoms with Gasteiger partial charge >= 0.3 is 0 Å². The quantitative estimate of drug-likeness (QED) is 0.827. The molecule has 2 aromatic carbocycles. The number of aryl methyl sites for hydroxylation is 1. The van der Waals surface area contributed by atoms with Crippen molar-refractivity contribution in [3.05, 3.63) is 59.2 Å². The number of nitrogens with one attached hydrogen (secondary N) is 2. The molecule has 0 saturated heterocycles. The molecule has 0 fully saturated rings. The van der Waals surface area contributed by atoms with Crippen LogP contribution < -0.4 is 14.8 Å². The fourth-order valence-electron chi connectivity index (χ4n) is 2.45. The fourth-order valence-corrected chi connectivity index (χ4v) is 3.02. The largest absolute Gasteiger partial charge is 0.496 e. The highest BCUT2D eigenvalue weighted by molar-refractivity contribution is 7.92. The van der Waals surface area contributed by atoms with E-state index in [1.54, 1.807) is 31.4 Å². The Morgan fingerprint density at radius 1 is 1.12 bits per heavy atom. The van der Waals surface area contributed by atoms with Crippen LogP contribution in [0.4, 0.5) is 5.69 Å².